The topological polar surface area (TPSA) is 96.0 Å². The normalized spacial score (nSPS) is 14.4. The lowest BCUT2D eigenvalue weighted by atomic mass is 9.95. The highest BCUT2D eigenvalue weighted by molar-refractivity contribution is 7.92. The quantitative estimate of drug-likeness (QED) is 0.243. The van der Waals surface area contributed by atoms with E-state index in [0.717, 1.165) is 41.1 Å². The summed E-state index contributed by atoms with van der Waals surface area (Å²) in [7, 11) is -4.12. The summed E-state index contributed by atoms with van der Waals surface area (Å²) in [5.41, 5.74) is 2.29. The number of nitrogens with zero attached hydrogens (tertiary/aromatic N) is 2. The zero-order valence-electron chi connectivity index (χ0n) is 26.1. The number of hydrogen-bond acceptors (Lipinski definition) is 5. The van der Waals surface area contributed by atoms with Gasteiger partial charge in [-0.2, -0.15) is 0 Å². The van der Waals surface area contributed by atoms with Crippen molar-refractivity contribution in [1.82, 2.24) is 10.2 Å². The van der Waals surface area contributed by atoms with Crippen molar-refractivity contribution in [3.8, 4) is 5.75 Å². The number of nitrogens with one attached hydrogen (secondary N) is 1. The Kier molecular flexibility index (Phi) is 11.8. The summed E-state index contributed by atoms with van der Waals surface area (Å²) in [5, 5.41) is 3.19. The fraction of sp³-hybridized carbons (Fsp3) is 0.429. The molecule has 1 N–H and O–H groups in total. The van der Waals surface area contributed by atoms with Crippen LogP contribution in [0.1, 0.15) is 63.5 Å². The molecular weight excluding hydrogens is 574 g/mol. The van der Waals surface area contributed by atoms with E-state index in [1.54, 1.807) is 53.4 Å². The maximum Gasteiger partial charge on any atom is 0.264 e. The smallest absolute Gasteiger partial charge is 0.264 e. The molecule has 0 aliphatic heterocycles. The lowest BCUT2D eigenvalue weighted by Gasteiger charge is -2.34. The minimum Gasteiger partial charge on any atom is -0.494 e. The lowest BCUT2D eigenvalue weighted by molar-refractivity contribution is -0.140. The van der Waals surface area contributed by atoms with E-state index in [1.807, 2.05) is 51.1 Å². The van der Waals surface area contributed by atoms with E-state index in [0.29, 0.717) is 30.9 Å². The zero-order chi connectivity index (χ0) is 31.5. The predicted octanol–water partition coefficient (Wildman–Crippen LogP) is 5.89. The van der Waals surface area contributed by atoms with Crippen molar-refractivity contribution in [1.29, 1.82) is 0 Å². The summed E-state index contributed by atoms with van der Waals surface area (Å²) in [6.07, 6.45) is 6.13. The van der Waals surface area contributed by atoms with Crippen molar-refractivity contribution >= 4 is 27.5 Å². The second-order valence-electron chi connectivity index (χ2n) is 11.3. The third-order valence-electron chi connectivity index (χ3n) is 8.15. The molecule has 2 amide bonds. The standard InChI is InChI=1S/C35H45N3O5S/c1-4-33(35(40)36-29-14-10-7-11-15-29)37(25-24-28-12-8-6-9-13-28)34(39)26-38(30-18-20-31(21-19-30)43-5-2)44(41,42)32-22-16-27(3)17-23-32/h6,8-9,12-13,16-23,29,33H,4-5,7,10-11,14-15,24-26H2,1-3H3,(H,36,40). The minimum absolute atomic E-state index is 0.0858. The first kappa shape index (κ1) is 33.1. The van der Waals surface area contributed by atoms with Crippen molar-refractivity contribution in [3.05, 3.63) is 90.0 Å². The summed E-state index contributed by atoms with van der Waals surface area (Å²) < 4.78 is 34.8. The van der Waals surface area contributed by atoms with Crippen LogP contribution in [0.3, 0.4) is 0 Å². The van der Waals surface area contributed by atoms with Crippen LogP contribution in [0.4, 0.5) is 5.69 Å². The van der Waals surface area contributed by atoms with Crippen LogP contribution in [0.25, 0.3) is 0 Å². The Hall–Kier alpha value is -3.85. The van der Waals surface area contributed by atoms with Gasteiger partial charge in [-0.15, -0.1) is 0 Å². The summed E-state index contributed by atoms with van der Waals surface area (Å²) in [5.74, 6) is -0.0175. The van der Waals surface area contributed by atoms with E-state index >= 15 is 0 Å². The van der Waals surface area contributed by atoms with Crippen molar-refractivity contribution in [2.24, 2.45) is 0 Å². The first-order valence-electron chi connectivity index (χ1n) is 15.7. The van der Waals surface area contributed by atoms with Crippen LogP contribution < -0.4 is 14.4 Å². The molecule has 1 saturated carbocycles. The third-order valence-corrected chi connectivity index (χ3v) is 9.93. The average Bonchev–Trinajstić information content (AvgIpc) is 3.03. The Morgan fingerprint density at radius 2 is 1.57 bits per heavy atom. The maximum absolute atomic E-state index is 14.3. The van der Waals surface area contributed by atoms with Gasteiger partial charge in [0.1, 0.15) is 18.3 Å². The summed E-state index contributed by atoms with van der Waals surface area (Å²) >= 11 is 0. The molecule has 0 bridgehead atoms. The second-order valence-corrected chi connectivity index (χ2v) is 13.2. The molecule has 1 fully saturated rings. The molecule has 3 aromatic rings. The first-order chi connectivity index (χ1) is 21.2. The Balaban J connectivity index is 1.67. The molecule has 0 heterocycles. The molecule has 0 radical (unpaired) electrons. The fourth-order valence-corrected chi connectivity index (χ4v) is 7.10. The molecule has 1 atom stereocenters. The summed E-state index contributed by atoms with van der Waals surface area (Å²) in [6, 6.07) is 22.4. The molecule has 4 rings (SSSR count). The molecule has 1 aliphatic rings. The van der Waals surface area contributed by atoms with Gasteiger partial charge in [0.05, 0.1) is 17.2 Å². The van der Waals surface area contributed by atoms with Crippen LogP contribution in [0.5, 0.6) is 5.75 Å². The van der Waals surface area contributed by atoms with E-state index in [-0.39, 0.29) is 23.4 Å². The SMILES string of the molecule is CCOc1ccc(N(CC(=O)N(CCc2ccccc2)C(CC)C(=O)NC2CCCCC2)S(=O)(=O)c2ccc(C)cc2)cc1. The Labute approximate surface area is 262 Å². The van der Waals surface area contributed by atoms with Gasteiger partial charge in [-0.1, -0.05) is 74.2 Å². The van der Waals surface area contributed by atoms with E-state index in [4.69, 9.17) is 4.74 Å². The van der Waals surface area contributed by atoms with Gasteiger partial charge in [0, 0.05) is 12.6 Å². The number of aryl methyl sites for hydroxylation is 1. The number of carbonyl (C=O) groups is 2. The van der Waals surface area contributed by atoms with Gasteiger partial charge >= 0.3 is 0 Å². The largest absolute Gasteiger partial charge is 0.494 e. The second kappa shape index (κ2) is 15.7. The van der Waals surface area contributed by atoms with Crippen LogP contribution in [0, 0.1) is 6.92 Å². The van der Waals surface area contributed by atoms with Crippen LogP contribution >= 0.6 is 0 Å². The highest BCUT2D eigenvalue weighted by atomic mass is 32.2. The number of anilines is 1. The lowest BCUT2D eigenvalue weighted by Crippen LogP contribution is -2.54. The molecule has 0 spiro atoms. The Bertz CT molecular complexity index is 1450. The van der Waals surface area contributed by atoms with Gasteiger partial charge in [-0.25, -0.2) is 8.42 Å². The van der Waals surface area contributed by atoms with Crippen LogP contribution in [0.15, 0.2) is 83.8 Å². The van der Waals surface area contributed by atoms with Gasteiger partial charge in [0.25, 0.3) is 10.0 Å². The van der Waals surface area contributed by atoms with E-state index in [1.165, 1.54) is 6.42 Å². The Morgan fingerprint density at radius 1 is 0.909 bits per heavy atom. The van der Waals surface area contributed by atoms with Crippen molar-refractivity contribution < 1.29 is 22.7 Å². The number of carbonyl (C=O) groups excluding carboxylic acids is 2. The van der Waals surface area contributed by atoms with Crippen molar-refractivity contribution in [2.75, 3.05) is 24.0 Å². The molecule has 3 aromatic carbocycles. The molecule has 0 saturated heterocycles. The number of hydrogen-bond donors (Lipinski definition) is 1. The highest BCUT2D eigenvalue weighted by Crippen LogP contribution is 2.27. The van der Waals surface area contributed by atoms with Gasteiger partial charge in [-0.05, 0) is 81.5 Å². The molecular formula is C35H45N3O5S. The molecule has 8 nitrogen and oxygen atoms in total. The average molecular weight is 620 g/mol. The van der Waals surface area contributed by atoms with Gasteiger partial charge in [-0.3, -0.25) is 13.9 Å². The number of sulfonamides is 1. The van der Waals surface area contributed by atoms with Crippen molar-refractivity contribution in [2.45, 2.75) is 82.7 Å². The molecule has 1 unspecified atom stereocenters. The van der Waals surface area contributed by atoms with E-state index in [9.17, 15) is 18.0 Å². The van der Waals surface area contributed by atoms with Crippen LogP contribution in [-0.4, -0.2) is 56.9 Å². The molecule has 0 aromatic heterocycles. The van der Waals surface area contributed by atoms with Crippen LogP contribution in [-0.2, 0) is 26.0 Å². The number of amides is 2. The number of rotatable bonds is 14. The highest BCUT2D eigenvalue weighted by Gasteiger charge is 2.34. The zero-order valence-corrected chi connectivity index (χ0v) is 26.9. The summed E-state index contributed by atoms with van der Waals surface area (Å²) in [6.45, 7) is 5.95. The molecule has 1 aliphatic carbocycles. The van der Waals surface area contributed by atoms with Gasteiger partial charge in [0.2, 0.25) is 11.8 Å². The molecule has 44 heavy (non-hydrogen) atoms. The minimum atomic E-state index is -4.12. The van der Waals surface area contributed by atoms with Crippen LogP contribution in [0.2, 0.25) is 0 Å². The number of ether oxygens (including phenoxy) is 1. The van der Waals surface area contributed by atoms with E-state index < -0.39 is 28.5 Å². The molecule has 236 valence electrons. The monoisotopic (exact) mass is 619 g/mol. The summed E-state index contributed by atoms with van der Waals surface area (Å²) in [4.78, 5) is 29.6. The van der Waals surface area contributed by atoms with E-state index in [2.05, 4.69) is 5.32 Å². The van der Waals surface area contributed by atoms with Gasteiger partial charge in [0.15, 0.2) is 0 Å². The van der Waals surface area contributed by atoms with Crippen molar-refractivity contribution in [3.63, 3.8) is 0 Å². The van der Waals surface area contributed by atoms with Gasteiger partial charge < -0.3 is 15.0 Å². The first-order valence-corrected chi connectivity index (χ1v) is 17.1. The predicted molar refractivity (Wildman–Crippen MR) is 174 cm³/mol. The Morgan fingerprint density at radius 3 is 2.18 bits per heavy atom. The maximum atomic E-state index is 14.3. The molecule has 9 heteroatoms. The fourth-order valence-electron chi connectivity index (χ4n) is 5.68. The number of benzene rings is 3. The third kappa shape index (κ3) is 8.62.